The van der Waals surface area contributed by atoms with Crippen LogP contribution in [0.5, 0.6) is 0 Å². The number of esters is 2. The number of ether oxygens (including phenoxy) is 1. The largest absolute Gasteiger partial charge is 0.481 e. The Morgan fingerprint density at radius 3 is 2.29 bits per heavy atom. The van der Waals surface area contributed by atoms with Crippen LogP contribution in [-0.2, 0) is 19.1 Å². The summed E-state index contributed by atoms with van der Waals surface area (Å²) in [4.78, 5) is 32.8. The molecule has 0 saturated heterocycles. The van der Waals surface area contributed by atoms with Crippen molar-refractivity contribution in [3.8, 4) is 0 Å². The van der Waals surface area contributed by atoms with Crippen LogP contribution in [0.25, 0.3) is 0 Å². The van der Waals surface area contributed by atoms with Gasteiger partial charge in [-0.15, -0.1) is 0 Å². The van der Waals surface area contributed by atoms with E-state index in [2.05, 4.69) is 4.74 Å². The average molecular weight is 246 g/mol. The first-order valence-electron chi connectivity index (χ1n) is 5.17. The van der Waals surface area contributed by atoms with Gasteiger partial charge in [0.2, 0.25) is 0 Å². The van der Waals surface area contributed by atoms with E-state index < -0.39 is 29.5 Å². The maximum atomic E-state index is 11.3. The number of carbonyl (C=O) groups excluding carboxylic acids is 2. The predicted molar refractivity (Wildman–Crippen MR) is 58.8 cm³/mol. The summed E-state index contributed by atoms with van der Waals surface area (Å²) in [5, 5.41) is 8.39. The van der Waals surface area contributed by atoms with Crippen LogP contribution in [0.4, 0.5) is 0 Å². The zero-order chi connectivity index (χ0) is 13.6. The van der Waals surface area contributed by atoms with Gasteiger partial charge in [-0.25, -0.2) is 9.59 Å². The molecule has 0 spiro atoms. The lowest BCUT2D eigenvalue weighted by Crippen LogP contribution is -2.46. The van der Waals surface area contributed by atoms with Gasteiger partial charge in [0.15, 0.2) is 0 Å². The van der Waals surface area contributed by atoms with Gasteiger partial charge >= 0.3 is 17.9 Å². The van der Waals surface area contributed by atoms with Crippen molar-refractivity contribution in [1.29, 1.82) is 0 Å². The summed E-state index contributed by atoms with van der Waals surface area (Å²) in [6.07, 6.45) is 0.298. The highest BCUT2D eigenvalue weighted by atomic mass is 16.6. The summed E-state index contributed by atoms with van der Waals surface area (Å²) in [5.41, 5.74) is 9.59. The SMILES string of the molecule is CC(C)(N)C(=O)OC(=O)C(N)CCCC(=O)O. The molecule has 0 amide bonds. The van der Waals surface area contributed by atoms with Crippen molar-refractivity contribution in [2.75, 3.05) is 0 Å². The summed E-state index contributed by atoms with van der Waals surface area (Å²) in [7, 11) is 0. The summed E-state index contributed by atoms with van der Waals surface area (Å²) >= 11 is 0. The van der Waals surface area contributed by atoms with E-state index in [-0.39, 0.29) is 19.3 Å². The molecule has 0 fully saturated rings. The molecule has 0 aliphatic heterocycles. The van der Waals surface area contributed by atoms with Gasteiger partial charge in [0.1, 0.15) is 11.6 Å². The Morgan fingerprint density at radius 2 is 1.88 bits per heavy atom. The molecule has 7 heteroatoms. The number of hydrogen-bond acceptors (Lipinski definition) is 6. The van der Waals surface area contributed by atoms with Gasteiger partial charge in [-0.1, -0.05) is 0 Å². The Labute approximate surface area is 99.1 Å². The molecule has 0 saturated carbocycles. The summed E-state index contributed by atoms with van der Waals surface area (Å²) < 4.78 is 4.46. The van der Waals surface area contributed by atoms with Crippen LogP contribution < -0.4 is 11.5 Å². The molecule has 0 aromatic heterocycles. The van der Waals surface area contributed by atoms with Crippen LogP contribution >= 0.6 is 0 Å². The number of aliphatic carboxylic acids is 1. The molecule has 0 radical (unpaired) electrons. The van der Waals surface area contributed by atoms with Crippen molar-refractivity contribution in [2.45, 2.75) is 44.7 Å². The first-order chi connectivity index (χ1) is 7.64. The highest BCUT2D eigenvalue weighted by Crippen LogP contribution is 2.05. The number of nitrogens with two attached hydrogens (primary N) is 2. The smallest absolute Gasteiger partial charge is 0.333 e. The topological polar surface area (TPSA) is 133 Å². The van der Waals surface area contributed by atoms with Crippen molar-refractivity contribution >= 4 is 17.9 Å². The molecule has 0 rings (SSSR count). The molecule has 7 nitrogen and oxygen atoms in total. The second-order valence-corrected chi connectivity index (χ2v) is 4.32. The van der Waals surface area contributed by atoms with Crippen LogP contribution in [0.3, 0.4) is 0 Å². The van der Waals surface area contributed by atoms with E-state index in [0.717, 1.165) is 0 Å². The molecule has 17 heavy (non-hydrogen) atoms. The lowest BCUT2D eigenvalue weighted by molar-refractivity contribution is -0.164. The second kappa shape index (κ2) is 6.31. The Morgan fingerprint density at radius 1 is 1.35 bits per heavy atom. The van der Waals surface area contributed by atoms with Gasteiger partial charge in [0.05, 0.1) is 0 Å². The van der Waals surface area contributed by atoms with Crippen LogP contribution in [0.2, 0.25) is 0 Å². The van der Waals surface area contributed by atoms with Gasteiger partial charge in [0.25, 0.3) is 0 Å². The zero-order valence-electron chi connectivity index (χ0n) is 9.93. The van der Waals surface area contributed by atoms with E-state index in [0.29, 0.717) is 0 Å². The molecule has 0 aliphatic rings. The third-order valence-corrected chi connectivity index (χ3v) is 1.93. The van der Waals surface area contributed by atoms with Crippen molar-refractivity contribution < 1.29 is 24.2 Å². The van der Waals surface area contributed by atoms with Gasteiger partial charge in [0, 0.05) is 6.42 Å². The fourth-order valence-electron chi connectivity index (χ4n) is 0.890. The Balaban J connectivity index is 4.06. The summed E-state index contributed by atoms with van der Waals surface area (Å²) in [5.74, 6) is -2.72. The number of carbonyl (C=O) groups is 3. The summed E-state index contributed by atoms with van der Waals surface area (Å²) in [6.45, 7) is 2.80. The number of hydrogen-bond donors (Lipinski definition) is 3. The lowest BCUT2D eigenvalue weighted by atomic mass is 10.1. The maximum absolute atomic E-state index is 11.3. The van der Waals surface area contributed by atoms with Gasteiger partial charge in [-0.3, -0.25) is 4.79 Å². The van der Waals surface area contributed by atoms with E-state index in [1.165, 1.54) is 13.8 Å². The minimum absolute atomic E-state index is 0.0860. The van der Waals surface area contributed by atoms with E-state index >= 15 is 0 Å². The Bertz CT molecular complexity index is 308. The third-order valence-electron chi connectivity index (χ3n) is 1.93. The number of rotatable bonds is 6. The predicted octanol–water partition coefficient (Wildman–Crippen LogP) is -0.624. The highest BCUT2D eigenvalue weighted by molar-refractivity contribution is 5.92. The molecule has 98 valence electrons. The standard InChI is InChI=1S/C10H18N2O5/c1-10(2,12)9(16)17-8(15)6(11)4-3-5-7(13)14/h6H,3-5,11-12H2,1-2H3,(H,13,14). The molecule has 1 atom stereocenters. The third kappa shape index (κ3) is 6.64. The first-order valence-corrected chi connectivity index (χ1v) is 5.17. The molecule has 0 aromatic rings. The van der Waals surface area contributed by atoms with E-state index in [9.17, 15) is 14.4 Å². The molecule has 5 N–H and O–H groups in total. The van der Waals surface area contributed by atoms with Gasteiger partial charge < -0.3 is 21.3 Å². The molecule has 0 bridgehead atoms. The van der Waals surface area contributed by atoms with E-state index in [1.54, 1.807) is 0 Å². The van der Waals surface area contributed by atoms with Crippen LogP contribution in [0, 0.1) is 0 Å². The molecule has 0 heterocycles. The molecule has 0 aliphatic carbocycles. The number of carboxylic acid groups (broad SMARTS) is 1. The minimum Gasteiger partial charge on any atom is -0.481 e. The van der Waals surface area contributed by atoms with Gasteiger partial charge in [-0.2, -0.15) is 0 Å². The van der Waals surface area contributed by atoms with Crippen molar-refractivity contribution in [1.82, 2.24) is 0 Å². The minimum atomic E-state index is -1.27. The van der Waals surface area contributed by atoms with E-state index in [1.807, 2.05) is 0 Å². The van der Waals surface area contributed by atoms with Crippen molar-refractivity contribution in [2.24, 2.45) is 11.5 Å². The highest BCUT2D eigenvalue weighted by Gasteiger charge is 2.28. The average Bonchev–Trinajstić information content (AvgIpc) is 2.15. The fraction of sp³-hybridized carbons (Fsp3) is 0.700. The Kier molecular flexibility index (Phi) is 5.77. The van der Waals surface area contributed by atoms with Crippen LogP contribution in [-0.4, -0.2) is 34.6 Å². The quantitative estimate of drug-likeness (QED) is 0.420. The molecule has 1 unspecified atom stereocenters. The van der Waals surface area contributed by atoms with Crippen molar-refractivity contribution in [3.05, 3.63) is 0 Å². The fourth-order valence-corrected chi connectivity index (χ4v) is 0.890. The second-order valence-electron chi connectivity index (χ2n) is 4.32. The zero-order valence-corrected chi connectivity index (χ0v) is 9.93. The van der Waals surface area contributed by atoms with E-state index in [4.69, 9.17) is 16.6 Å². The maximum Gasteiger partial charge on any atom is 0.333 e. The molecule has 0 aromatic carbocycles. The number of carboxylic acids is 1. The molecular formula is C10H18N2O5. The normalized spacial score (nSPS) is 12.9. The monoisotopic (exact) mass is 246 g/mol. The van der Waals surface area contributed by atoms with Gasteiger partial charge in [-0.05, 0) is 26.7 Å². The molecular weight excluding hydrogens is 228 g/mol. The van der Waals surface area contributed by atoms with Crippen LogP contribution in [0.15, 0.2) is 0 Å². The Hall–Kier alpha value is -1.47. The van der Waals surface area contributed by atoms with Crippen LogP contribution in [0.1, 0.15) is 33.1 Å². The van der Waals surface area contributed by atoms with Crippen molar-refractivity contribution in [3.63, 3.8) is 0 Å². The summed E-state index contributed by atoms with van der Waals surface area (Å²) in [6, 6.07) is -1.01. The lowest BCUT2D eigenvalue weighted by Gasteiger charge is -2.17. The first kappa shape index (κ1) is 15.5.